The molecule has 0 aliphatic rings. The number of esters is 1. The SMILES string of the molecule is CC(C)I.CC(C)OC(=O)Cc1cccc(OC(C)C)c1.CC(C)Oc1cccc(CC=O)c1.CC(C)Oc1cccc(CCO)c1.O=C(O)Cc1cccc(O)c1. The van der Waals surface area contributed by atoms with Gasteiger partial charge in [-0.15, -0.1) is 0 Å². The summed E-state index contributed by atoms with van der Waals surface area (Å²) in [4.78, 5) is 32.0. The molecule has 0 heterocycles. The maximum absolute atomic E-state index is 11.5. The number of phenols is 1. The van der Waals surface area contributed by atoms with Crippen molar-refractivity contribution in [2.45, 2.75) is 123 Å². The first kappa shape index (κ1) is 53.4. The van der Waals surface area contributed by atoms with Crippen molar-refractivity contribution in [1.29, 1.82) is 0 Å². The number of carboxylic acid groups (broad SMARTS) is 1. The fraction of sp³-hybridized carbons (Fsp3) is 0.426. The summed E-state index contributed by atoms with van der Waals surface area (Å²) >= 11 is 2.34. The third-order valence-electron chi connectivity index (χ3n) is 6.51. The number of aldehydes is 1. The molecule has 320 valence electrons. The molecule has 0 amide bonds. The Hall–Kier alpha value is -4.62. The standard InChI is InChI=1S/C14H20O3.C11H16O2.C11H14O2.C8H8O3.C3H7I/c1-10(2)16-13-7-5-6-12(8-13)9-14(15)17-11(3)4;2*1-9(2)13-11-5-3-4-10(8-11)6-7-12;9-7-3-1-2-6(4-7)5-8(10)11;1-3(2)4/h5-8,10-11H,9H2,1-4H3;3-5,8-9,12H,6-7H2,1-2H3;3-5,7-9H,6H2,1-2H3;1-4,9H,5H2,(H,10,11);3H,1-2H3. The zero-order valence-electron chi connectivity index (χ0n) is 35.8. The van der Waals surface area contributed by atoms with E-state index in [4.69, 9.17) is 34.3 Å². The molecule has 0 radical (unpaired) electrons. The van der Waals surface area contributed by atoms with Crippen LogP contribution in [0.4, 0.5) is 0 Å². The van der Waals surface area contributed by atoms with Gasteiger partial charge in [-0.2, -0.15) is 0 Å². The van der Waals surface area contributed by atoms with Gasteiger partial charge < -0.3 is 39.1 Å². The Bertz CT molecular complexity index is 1720. The van der Waals surface area contributed by atoms with Crippen molar-refractivity contribution < 1.29 is 48.7 Å². The molecule has 0 aromatic heterocycles. The maximum atomic E-state index is 11.5. The Balaban J connectivity index is 0.000000731. The van der Waals surface area contributed by atoms with E-state index in [1.807, 2.05) is 128 Å². The Morgan fingerprint density at radius 2 is 1.00 bits per heavy atom. The number of hydrogen-bond acceptors (Lipinski definition) is 9. The number of hydrogen-bond donors (Lipinski definition) is 3. The van der Waals surface area contributed by atoms with Crippen LogP contribution < -0.4 is 14.2 Å². The second kappa shape index (κ2) is 31.4. The first-order chi connectivity index (χ1) is 27.3. The van der Waals surface area contributed by atoms with Crippen molar-refractivity contribution in [2.75, 3.05) is 6.61 Å². The molecule has 4 aromatic carbocycles. The minimum Gasteiger partial charge on any atom is -0.508 e. The summed E-state index contributed by atoms with van der Waals surface area (Å²) in [6.07, 6.45) is 2.71. The van der Waals surface area contributed by atoms with Crippen molar-refractivity contribution in [3.63, 3.8) is 0 Å². The molecule has 58 heavy (non-hydrogen) atoms. The van der Waals surface area contributed by atoms with Crippen LogP contribution in [0.15, 0.2) is 97.1 Å². The van der Waals surface area contributed by atoms with E-state index >= 15 is 0 Å². The van der Waals surface area contributed by atoms with Gasteiger partial charge in [-0.25, -0.2) is 0 Å². The number of aromatic hydroxyl groups is 1. The molecule has 0 aliphatic heterocycles. The van der Waals surface area contributed by atoms with Gasteiger partial charge in [0.1, 0.15) is 29.3 Å². The lowest BCUT2D eigenvalue weighted by Crippen LogP contribution is -2.13. The second-order valence-corrected chi connectivity index (χ2v) is 16.7. The second-order valence-electron chi connectivity index (χ2n) is 14.3. The van der Waals surface area contributed by atoms with E-state index in [0.717, 1.165) is 44.1 Å². The van der Waals surface area contributed by atoms with Crippen molar-refractivity contribution in [3.8, 4) is 23.0 Å². The fourth-order valence-electron chi connectivity index (χ4n) is 4.60. The molecule has 0 unspecified atom stereocenters. The van der Waals surface area contributed by atoms with Gasteiger partial charge in [-0.1, -0.05) is 85.0 Å². The summed E-state index contributed by atoms with van der Waals surface area (Å²) in [7, 11) is 0. The molecule has 0 aliphatic carbocycles. The number of rotatable bonds is 15. The van der Waals surface area contributed by atoms with Crippen molar-refractivity contribution in [1.82, 2.24) is 0 Å². The van der Waals surface area contributed by atoms with Crippen molar-refractivity contribution >= 4 is 40.8 Å². The summed E-state index contributed by atoms with van der Waals surface area (Å²) in [5, 5.41) is 26.1. The molecule has 0 atom stereocenters. The van der Waals surface area contributed by atoms with E-state index in [-0.39, 0.29) is 55.6 Å². The van der Waals surface area contributed by atoms with Crippen molar-refractivity contribution in [3.05, 3.63) is 119 Å². The van der Waals surface area contributed by atoms with E-state index in [1.165, 1.54) is 12.1 Å². The number of aliphatic hydroxyl groups excluding tert-OH is 1. The number of halogens is 1. The first-order valence-corrected chi connectivity index (χ1v) is 20.7. The predicted octanol–water partition coefficient (Wildman–Crippen LogP) is 10.0. The summed E-state index contributed by atoms with van der Waals surface area (Å²) in [5.74, 6) is 1.49. The highest BCUT2D eigenvalue weighted by Crippen LogP contribution is 2.17. The van der Waals surface area contributed by atoms with Gasteiger partial charge in [0.05, 0.1) is 37.3 Å². The van der Waals surface area contributed by atoms with Crippen LogP contribution in [-0.4, -0.2) is 68.5 Å². The van der Waals surface area contributed by atoms with Gasteiger partial charge in [0, 0.05) is 17.0 Å². The lowest BCUT2D eigenvalue weighted by Gasteiger charge is -2.11. The number of benzene rings is 4. The molecule has 0 fully saturated rings. The van der Waals surface area contributed by atoms with Gasteiger partial charge in [0.25, 0.3) is 0 Å². The molecule has 10 nitrogen and oxygen atoms in total. The molecule has 0 bridgehead atoms. The Kier molecular flexibility index (Phi) is 28.9. The van der Waals surface area contributed by atoms with Crippen LogP contribution in [0.1, 0.15) is 91.5 Å². The first-order valence-electron chi connectivity index (χ1n) is 19.5. The quantitative estimate of drug-likeness (QED) is 0.0456. The highest BCUT2D eigenvalue weighted by molar-refractivity contribution is 14.1. The molecule has 11 heteroatoms. The molecule has 3 N–H and O–H groups in total. The minimum absolute atomic E-state index is 0.0472. The van der Waals surface area contributed by atoms with Crippen LogP contribution in [-0.2, 0) is 44.8 Å². The molecule has 0 saturated carbocycles. The molecule has 0 spiro atoms. The third-order valence-corrected chi connectivity index (χ3v) is 6.51. The fourth-order valence-corrected chi connectivity index (χ4v) is 4.60. The number of phenolic OH excluding ortho intramolecular Hbond substituents is 1. The van der Waals surface area contributed by atoms with E-state index in [1.54, 1.807) is 12.1 Å². The summed E-state index contributed by atoms with van der Waals surface area (Å²) < 4.78 is 22.5. The summed E-state index contributed by atoms with van der Waals surface area (Å²) in [5.41, 5.74) is 3.63. The Morgan fingerprint density at radius 1 is 0.603 bits per heavy atom. The van der Waals surface area contributed by atoms with E-state index < -0.39 is 5.97 Å². The van der Waals surface area contributed by atoms with Crippen LogP contribution in [0.25, 0.3) is 0 Å². The number of aliphatic carboxylic acids is 1. The monoisotopic (exact) mass is 916 g/mol. The van der Waals surface area contributed by atoms with Crippen LogP contribution >= 0.6 is 22.6 Å². The van der Waals surface area contributed by atoms with Crippen LogP contribution in [0.3, 0.4) is 0 Å². The number of aliphatic hydroxyl groups is 1. The van der Waals surface area contributed by atoms with Crippen LogP contribution in [0, 0.1) is 0 Å². The van der Waals surface area contributed by atoms with Crippen LogP contribution in [0.2, 0.25) is 0 Å². The van der Waals surface area contributed by atoms with E-state index in [0.29, 0.717) is 18.4 Å². The number of alkyl halides is 1. The number of carboxylic acids is 1. The lowest BCUT2D eigenvalue weighted by molar-refractivity contribution is -0.146. The summed E-state index contributed by atoms with van der Waals surface area (Å²) in [6.45, 7) is 20.1. The molecule has 4 aromatic rings. The van der Waals surface area contributed by atoms with Crippen molar-refractivity contribution in [2.24, 2.45) is 0 Å². The molecule has 4 rings (SSSR count). The summed E-state index contributed by atoms with van der Waals surface area (Å²) in [6, 6.07) is 29.2. The van der Waals surface area contributed by atoms with E-state index in [2.05, 4.69) is 36.4 Å². The lowest BCUT2D eigenvalue weighted by atomic mass is 10.1. The average molecular weight is 917 g/mol. The number of ether oxygens (including phenoxy) is 4. The van der Waals surface area contributed by atoms with Gasteiger partial charge in [-0.3, -0.25) is 9.59 Å². The van der Waals surface area contributed by atoms with Gasteiger partial charge in [-0.05, 0) is 133 Å². The highest BCUT2D eigenvalue weighted by atomic mass is 127. The van der Waals surface area contributed by atoms with Crippen LogP contribution in [0.5, 0.6) is 23.0 Å². The minimum atomic E-state index is -0.893. The maximum Gasteiger partial charge on any atom is 0.310 e. The smallest absolute Gasteiger partial charge is 0.310 e. The average Bonchev–Trinajstić information content (AvgIpc) is 3.08. The molecule has 0 saturated heterocycles. The highest BCUT2D eigenvalue weighted by Gasteiger charge is 2.08. The molecular weight excluding hydrogens is 851 g/mol. The third kappa shape index (κ3) is 30.5. The Morgan fingerprint density at radius 3 is 1.40 bits per heavy atom. The largest absolute Gasteiger partial charge is 0.508 e. The predicted molar refractivity (Wildman–Crippen MR) is 241 cm³/mol. The number of carbonyl (C=O) groups excluding carboxylic acids is 2. The molecular formula is C47H65IO10. The normalized spacial score (nSPS) is 10.2. The topological polar surface area (TPSA) is 149 Å². The van der Waals surface area contributed by atoms with Gasteiger partial charge in [0.15, 0.2) is 0 Å². The van der Waals surface area contributed by atoms with Gasteiger partial charge in [0.2, 0.25) is 0 Å². The Labute approximate surface area is 360 Å². The number of carbonyl (C=O) groups is 3. The van der Waals surface area contributed by atoms with Gasteiger partial charge >= 0.3 is 11.9 Å². The zero-order chi connectivity index (χ0) is 44.0. The van der Waals surface area contributed by atoms with E-state index in [9.17, 15) is 14.4 Å². The zero-order valence-corrected chi connectivity index (χ0v) is 38.0.